The van der Waals surface area contributed by atoms with Gasteiger partial charge < -0.3 is 9.84 Å². The highest BCUT2D eigenvalue weighted by Crippen LogP contribution is 2.26. The van der Waals surface area contributed by atoms with Gasteiger partial charge in [0.05, 0.1) is 4.92 Å². The first-order valence-electron chi connectivity index (χ1n) is 5.46. The van der Waals surface area contributed by atoms with Gasteiger partial charge in [0, 0.05) is 24.0 Å². The van der Waals surface area contributed by atoms with Crippen LogP contribution < -0.4 is 4.74 Å². The molecule has 0 bridgehead atoms. The summed E-state index contributed by atoms with van der Waals surface area (Å²) in [6.07, 6.45) is 1.49. The Morgan fingerprint density at radius 1 is 1.40 bits per heavy atom. The Labute approximate surface area is 112 Å². The number of rotatable bonds is 4. The lowest BCUT2D eigenvalue weighted by atomic mass is 10.2. The quantitative estimate of drug-likeness (QED) is 0.671. The normalized spacial score (nSPS) is 10.1. The molecule has 0 radical (unpaired) electrons. The molecule has 0 aliphatic carbocycles. The minimum atomic E-state index is -1.41. The number of nitro groups is 1. The average Bonchev–Trinajstić information content (AvgIpc) is 2.38. The zero-order chi connectivity index (χ0) is 14.7. The zero-order valence-corrected chi connectivity index (χ0v) is 10.3. The van der Waals surface area contributed by atoms with Crippen molar-refractivity contribution in [1.29, 1.82) is 0 Å². The predicted octanol–water partition coefficient (Wildman–Crippen LogP) is 2.18. The fourth-order valence-electron chi connectivity index (χ4n) is 1.49. The van der Waals surface area contributed by atoms with Crippen molar-refractivity contribution in [1.82, 2.24) is 9.97 Å². The van der Waals surface area contributed by atoms with Gasteiger partial charge in [-0.05, 0) is 19.1 Å². The molecule has 0 atom stereocenters. The molecule has 0 amide bonds. The van der Waals surface area contributed by atoms with E-state index in [1.807, 2.05) is 0 Å². The number of aryl methyl sites for hydroxylation is 1. The molecule has 0 aliphatic rings. The van der Waals surface area contributed by atoms with Gasteiger partial charge in [0.25, 0.3) is 5.69 Å². The van der Waals surface area contributed by atoms with Crippen LogP contribution in [0.15, 0.2) is 30.5 Å². The van der Waals surface area contributed by atoms with Crippen LogP contribution in [0, 0.1) is 17.0 Å². The van der Waals surface area contributed by atoms with Gasteiger partial charge in [0.1, 0.15) is 11.3 Å². The first-order valence-corrected chi connectivity index (χ1v) is 5.46. The van der Waals surface area contributed by atoms with Crippen LogP contribution in [0.4, 0.5) is 5.69 Å². The van der Waals surface area contributed by atoms with Gasteiger partial charge >= 0.3 is 12.0 Å². The summed E-state index contributed by atoms with van der Waals surface area (Å²) in [5, 5.41) is 19.7. The van der Waals surface area contributed by atoms with Crippen LogP contribution in [0.25, 0.3) is 0 Å². The minimum absolute atomic E-state index is 0.0372. The first kappa shape index (κ1) is 13.4. The molecule has 102 valence electrons. The zero-order valence-electron chi connectivity index (χ0n) is 10.3. The van der Waals surface area contributed by atoms with Gasteiger partial charge in [-0.1, -0.05) is 0 Å². The van der Waals surface area contributed by atoms with E-state index >= 15 is 0 Å². The number of ether oxygens (including phenoxy) is 1. The number of carbonyl (C=O) groups is 1. The number of carboxylic acids is 1. The van der Waals surface area contributed by atoms with Crippen molar-refractivity contribution in [3.05, 3.63) is 51.8 Å². The van der Waals surface area contributed by atoms with Crippen molar-refractivity contribution in [3.8, 4) is 11.8 Å². The molecular weight excluding hydrogens is 266 g/mol. The van der Waals surface area contributed by atoms with Crippen LogP contribution in [0.2, 0.25) is 0 Å². The largest absolute Gasteiger partial charge is 0.477 e. The lowest BCUT2D eigenvalue weighted by Crippen LogP contribution is -2.03. The van der Waals surface area contributed by atoms with Crippen LogP contribution >= 0.6 is 0 Å². The van der Waals surface area contributed by atoms with Gasteiger partial charge in [-0.3, -0.25) is 10.1 Å². The highest BCUT2D eigenvalue weighted by Gasteiger charge is 2.20. The molecule has 8 heteroatoms. The Bertz CT molecular complexity index is 687. The van der Waals surface area contributed by atoms with Crippen LogP contribution in [0.1, 0.15) is 16.1 Å². The van der Waals surface area contributed by atoms with Crippen LogP contribution in [-0.2, 0) is 0 Å². The number of carboxylic acid groups (broad SMARTS) is 1. The third-order valence-corrected chi connectivity index (χ3v) is 2.38. The number of benzene rings is 1. The highest BCUT2D eigenvalue weighted by atomic mass is 16.6. The number of aromatic nitrogens is 2. The smallest absolute Gasteiger partial charge is 0.342 e. The standard InChI is InChI=1S/C12H9N3O5/c1-7-4-5-13-12(14-7)20-8-2-3-10(15(18)19)9(6-8)11(16)17/h2-6H,1H3,(H,16,17). The summed E-state index contributed by atoms with van der Waals surface area (Å²) in [6.45, 7) is 1.74. The van der Waals surface area contributed by atoms with Crippen LogP contribution in [0.3, 0.4) is 0 Å². The van der Waals surface area contributed by atoms with E-state index in [1.165, 1.54) is 12.3 Å². The Morgan fingerprint density at radius 3 is 2.75 bits per heavy atom. The second kappa shape index (κ2) is 5.31. The van der Waals surface area contributed by atoms with Crippen molar-refractivity contribution >= 4 is 11.7 Å². The second-order valence-electron chi connectivity index (χ2n) is 3.82. The maximum absolute atomic E-state index is 11.0. The molecule has 0 aliphatic heterocycles. The summed E-state index contributed by atoms with van der Waals surface area (Å²) >= 11 is 0. The summed E-state index contributed by atoms with van der Waals surface area (Å²) < 4.78 is 5.28. The number of hydrogen-bond donors (Lipinski definition) is 1. The molecule has 1 heterocycles. The molecule has 1 N–H and O–H groups in total. The van der Waals surface area contributed by atoms with Crippen LogP contribution in [0.5, 0.6) is 11.8 Å². The fourth-order valence-corrected chi connectivity index (χ4v) is 1.49. The molecule has 1 aromatic carbocycles. The molecule has 8 nitrogen and oxygen atoms in total. The second-order valence-corrected chi connectivity index (χ2v) is 3.82. The predicted molar refractivity (Wildman–Crippen MR) is 66.9 cm³/mol. The summed E-state index contributed by atoms with van der Waals surface area (Å²) in [4.78, 5) is 28.8. The number of nitro benzene ring substituents is 1. The molecule has 20 heavy (non-hydrogen) atoms. The van der Waals surface area contributed by atoms with E-state index in [4.69, 9.17) is 9.84 Å². The monoisotopic (exact) mass is 275 g/mol. The Morgan fingerprint density at radius 2 is 2.15 bits per heavy atom. The highest BCUT2D eigenvalue weighted by molar-refractivity contribution is 5.92. The molecule has 0 spiro atoms. The summed E-state index contributed by atoms with van der Waals surface area (Å²) in [6, 6.07) is 5.12. The Hall–Kier alpha value is -3.03. The number of aromatic carboxylic acids is 1. The van der Waals surface area contributed by atoms with E-state index < -0.39 is 22.1 Å². The lowest BCUT2D eigenvalue weighted by Gasteiger charge is -2.05. The molecule has 2 rings (SSSR count). The molecule has 1 aromatic heterocycles. The molecule has 2 aromatic rings. The molecule has 0 saturated heterocycles. The Balaban J connectivity index is 2.36. The molecule has 0 fully saturated rings. The van der Waals surface area contributed by atoms with E-state index in [0.29, 0.717) is 5.69 Å². The first-order chi connectivity index (χ1) is 9.47. The van der Waals surface area contributed by atoms with Crippen LogP contribution in [-0.4, -0.2) is 26.0 Å². The van der Waals surface area contributed by atoms with E-state index in [1.54, 1.807) is 13.0 Å². The summed E-state index contributed by atoms with van der Waals surface area (Å²) in [5.41, 5.74) is -0.287. The summed E-state index contributed by atoms with van der Waals surface area (Å²) in [7, 11) is 0. The SMILES string of the molecule is Cc1ccnc(Oc2ccc([N+](=O)[O-])c(C(=O)O)c2)n1. The average molecular weight is 275 g/mol. The topological polar surface area (TPSA) is 115 Å². The van der Waals surface area contributed by atoms with Gasteiger partial charge in [0.2, 0.25) is 0 Å². The maximum Gasteiger partial charge on any atom is 0.342 e. The van der Waals surface area contributed by atoms with Crippen molar-refractivity contribution < 1.29 is 19.6 Å². The molecule has 0 unspecified atom stereocenters. The summed E-state index contributed by atoms with van der Waals surface area (Å²) in [5.74, 6) is -1.30. The van der Waals surface area contributed by atoms with Gasteiger partial charge in [0.15, 0.2) is 0 Å². The third-order valence-electron chi connectivity index (χ3n) is 2.38. The van der Waals surface area contributed by atoms with E-state index in [-0.39, 0.29) is 11.8 Å². The molecule has 0 saturated carbocycles. The van der Waals surface area contributed by atoms with Gasteiger partial charge in [-0.2, -0.15) is 0 Å². The van der Waals surface area contributed by atoms with Crippen molar-refractivity contribution in [3.63, 3.8) is 0 Å². The van der Waals surface area contributed by atoms with E-state index in [9.17, 15) is 14.9 Å². The van der Waals surface area contributed by atoms with Crippen molar-refractivity contribution in [2.45, 2.75) is 6.92 Å². The fraction of sp³-hybridized carbons (Fsp3) is 0.0833. The van der Waals surface area contributed by atoms with Gasteiger partial charge in [-0.15, -0.1) is 0 Å². The van der Waals surface area contributed by atoms with E-state index in [0.717, 1.165) is 12.1 Å². The maximum atomic E-state index is 11.0. The number of hydrogen-bond acceptors (Lipinski definition) is 6. The Kier molecular flexibility index (Phi) is 3.56. The lowest BCUT2D eigenvalue weighted by molar-refractivity contribution is -0.385. The van der Waals surface area contributed by atoms with Crippen molar-refractivity contribution in [2.75, 3.05) is 0 Å². The third kappa shape index (κ3) is 2.86. The minimum Gasteiger partial charge on any atom is -0.477 e. The van der Waals surface area contributed by atoms with E-state index in [2.05, 4.69) is 9.97 Å². The van der Waals surface area contributed by atoms with Crippen molar-refractivity contribution in [2.24, 2.45) is 0 Å². The number of nitrogens with zero attached hydrogens (tertiary/aromatic N) is 3. The van der Waals surface area contributed by atoms with Gasteiger partial charge in [-0.25, -0.2) is 14.8 Å². The molecular formula is C12H9N3O5.